The van der Waals surface area contributed by atoms with Gasteiger partial charge in [-0.05, 0) is 18.1 Å². The zero-order valence-corrected chi connectivity index (χ0v) is 8.16. The molecular formula is C11H11ClO. The van der Waals surface area contributed by atoms with Crippen molar-refractivity contribution in [3.8, 4) is 0 Å². The molecule has 0 N–H and O–H groups in total. The SMILES string of the molecule is CC(Cl)OC1C=Cc2ccccc21. The average Bonchev–Trinajstić information content (AvgIpc) is 2.48. The fraction of sp³-hybridized carbons (Fsp3) is 0.273. The summed E-state index contributed by atoms with van der Waals surface area (Å²) in [5, 5.41) is 0. The summed E-state index contributed by atoms with van der Waals surface area (Å²) in [6.07, 6.45) is 4.13. The molecule has 2 unspecified atom stereocenters. The molecule has 68 valence electrons. The van der Waals surface area contributed by atoms with Crippen LogP contribution in [0.15, 0.2) is 30.3 Å². The summed E-state index contributed by atoms with van der Waals surface area (Å²) in [6.45, 7) is 1.83. The minimum absolute atomic E-state index is 0.0312. The van der Waals surface area contributed by atoms with Crippen molar-refractivity contribution >= 4 is 17.7 Å². The first kappa shape index (κ1) is 8.79. The summed E-state index contributed by atoms with van der Waals surface area (Å²) in [7, 11) is 0. The third-order valence-corrected chi connectivity index (χ3v) is 2.19. The van der Waals surface area contributed by atoms with Crippen LogP contribution in [0.4, 0.5) is 0 Å². The van der Waals surface area contributed by atoms with Crippen LogP contribution in [0.2, 0.25) is 0 Å². The van der Waals surface area contributed by atoms with Crippen LogP contribution in [-0.4, -0.2) is 5.56 Å². The number of halogens is 1. The number of alkyl halides is 1. The van der Waals surface area contributed by atoms with Crippen LogP contribution in [0, 0.1) is 0 Å². The van der Waals surface area contributed by atoms with E-state index in [0.29, 0.717) is 0 Å². The van der Waals surface area contributed by atoms with Crippen molar-refractivity contribution in [2.75, 3.05) is 0 Å². The molecule has 2 atom stereocenters. The Morgan fingerprint density at radius 2 is 2.15 bits per heavy atom. The van der Waals surface area contributed by atoms with E-state index in [0.717, 1.165) is 0 Å². The van der Waals surface area contributed by atoms with Gasteiger partial charge in [-0.1, -0.05) is 48.0 Å². The minimum atomic E-state index is -0.249. The number of fused-ring (bicyclic) bond motifs is 1. The van der Waals surface area contributed by atoms with Gasteiger partial charge in [0, 0.05) is 0 Å². The monoisotopic (exact) mass is 194 g/mol. The topological polar surface area (TPSA) is 9.23 Å². The number of hydrogen-bond donors (Lipinski definition) is 0. The van der Waals surface area contributed by atoms with Crippen LogP contribution in [0.25, 0.3) is 6.08 Å². The van der Waals surface area contributed by atoms with Gasteiger partial charge in [-0.15, -0.1) is 0 Å². The maximum atomic E-state index is 5.77. The minimum Gasteiger partial charge on any atom is -0.351 e. The Morgan fingerprint density at radius 1 is 1.38 bits per heavy atom. The van der Waals surface area contributed by atoms with Crippen LogP contribution in [0.3, 0.4) is 0 Å². The highest BCUT2D eigenvalue weighted by atomic mass is 35.5. The van der Waals surface area contributed by atoms with E-state index in [-0.39, 0.29) is 11.7 Å². The van der Waals surface area contributed by atoms with Crippen molar-refractivity contribution in [2.24, 2.45) is 0 Å². The van der Waals surface area contributed by atoms with E-state index in [9.17, 15) is 0 Å². The van der Waals surface area contributed by atoms with Gasteiger partial charge >= 0.3 is 0 Å². The van der Waals surface area contributed by atoms with Crippen molar-refractivity contribution in [2.45, 2.75) is 18.6 Å². The second-order valence-electron chi connectivity index (χ2n) is 3.09. The van der Waals surface area contributed by atoms with Gasteiger partial charge < -0.3 is 4.74 Å². The molecule has 0 saturated heterocycles. The molecule has 0 aromatic heterocycles. The molecule has 0 spiro atoms. The molecule has 0 saturated carbocycles. The van der Waals surface area contributed by atoms with Crippen molar-refractivity contribution < 1.29 is 4.74 Å². The van der Waals surface area contributed by atoms with Crippen molar-refractivity contribution in [1.29, 1.82) is 0 Å². The maximum absolute atomic E-state index is 5.77. The quantitative estimate of drug-likeness (QED) is 0.656. The maximum Gasteiger partial charge on any atom is 0.129 e. The third-order valence-electron chi connectivity index (χ3n) is 2.09. The summed E-state index contributed by atoms with van der Waals surface area (Å²) >= 11 is 5.77. The normalized spacial score (nSPS) is 21.5. The van der Waals surface area contributed by atoms with E-state index in [1.807, 2.05) is 25.1 Å². The van der Waals surface area contributed by atoms with E-state index < -0.39 is 0 Å². The van der Waals surface area contributed by atoms with Gasteiger partial charge in [0.05, 0.1) is 0 Å². The van der Waals surface area contributed by atoms with E-state index >= 15 is 0 Å². The molecule has 1 aromatic carbocycles. The summed E-state index contributed by atoms with van der Waals surface area (Å²) in [5.74, 6) is 0. The van der Waals surface area contributed by atoms with Crippen LogP contribution in [0.1, 0.15) is 24.2 Å². The molecule has 1 nitrogen and oxygen atoms in total. The Labute approximate surface area is 83.0 Å². The summed E-state index contributed by atoms with van der Waals surface area (Å²) in [5.41, 5.74) is 2.18. The van der Waals surface area contributed by atoms with E-state index in [2.05, 4.69) is 18.2 Å². The molecule has 0 radical (unpaired) electrons. The molecule has 2 heteroatoms. The first-order chi connectivity index (χ1) is 6.27. The lowest BCUT2D eigenvalue weighted by molar-refractivity contribution is 0.0728. The van der Waals surface area contributed by atoms with E-state index in [1.54, 1.807) is 0 Å². The first-order valence-corrected chi connectivity index (χ1v) is 4.77. The van der Waals surface area contributed by atoms with Gasteiger partial charge in [0.1, 0.15) is 11.7 Å². The Bertz CT molecular complexity index is 331. The fourth-order valence-corrected chi connectivity index (χ4v) is 1.65. The lowest BCUT2D eigenvalue weighted by Gasteiger charge is -2.13. The molecule has 0 heterocycles. The molecule has 2 rings (SSSR count). The van der Waals surface area contributed by atoms with Gasteiger partial charge in [-0.2, -0.15) is 0 Å². The van der Waals surface area contributed by atoms with Gasteiger partial charge in [0.2, 0.25) is 0 Å². The lowest BCUT2D eigenvalue weighted by Crippen LogP contribution is -2.04. The molecule has 1 aliphatic rings. The van der Waals surface area contributed by atoms with E-state index in [4.69, 9.17) is 16.3 Å². The predicted molar refractivity (Wildman–Crippen MR) is 54.6 cm³/mol. The Morgan fingerprint density at radius 3 is 2.92 bits per heavy atom. The number of benzene rings is 1. The standard InChI is InChI=1S/C11H11ClO/c1-8(12)13-11-7-6-9-4-2-3-5-10(9)11/h2-8,11H,1H3. The van der Waals surface area contributed by atoms with Crippen molar-refractivity contribution in [3.05, 3.63) is 41.5 Å². The molecular weight excluding hydrogens is 184 g/mol. The van der Waals surface area contributed by atoms with Crippen LogP contribution in [-0.2, 0) is 4.74 Å². The number of hydrogen-bond acceptors (Lipinski definition) is 1. The molecule has 1 aliphatic carbocycles. The number of rotatable bonds is 2. The van der Waals surface area contributed by atoms with Crippen molar-refractivity contribution in [1.82, 2.24) is 0 Å². The third kappa shape index (κ3) is 1.77. The molecule has 1 aromatic rings. The molecule has 13 heavy (non-hydrogen) atoms. The Hall–Kier alpha value is -0.790. The highest BCUT2D eigenvalue weighted by molar-refractivity contribution is 6.19. The van der Waals surface area contributed by atoms with Gasteiger partial charge in [0.25, 0.3) is 0 Å². The second kappa shape index (κ2) is 3.52. The van der Waals surface area contributed by atoms with Crippen LogP contribution < -0.4 is 0 Å². The molecule has 0 fully saturated rings. The van der Waals surface area contributed by atoms with E-state index in [1.165, 1.54) is 11.1 Å². The fourth-order valence-electron chi connectivity index (χ4n) is 1.54. The van der Waals surface area contributed by atoms with Gasteiger partial charge in [0.15, 0.2) is 0 Å². The molecule has 0 bridgehead atoms. The zero-order valence-electron chi connectivity index (χ0n) is 7.41. The molecule has 0 amide bonds. The van der Waals surface area contributed by atoms with Crippen molar-refractivity contribution in [3.63, 3.8) is 0 Å². The Kier molecular flexibility index (Phi) is 2.38. The predicted octanol–water partition coefficient (Wildman–Crippen LogP) is 3.36. The van der Waals surface area contributed by atoms with Crippen LogP contribution >= 0.6 is 11.6 Å². The smallest absolute Gasteiger partial charge is 0.129 e. The van der Waals surface area contributed by atoms with Gasteiger partial charge in [-0.3, -0.25) is 0 Å². The summed E-state index contributed by atoms with van der Waals surface area (Å²) in [6, 6.07) is 8.18. The largest absolute Gasteiger partial charge is 0.351 e. The highest BCUT2D eigenvalue weighted by Crippen LogP contribution is 2.31. The van der Waals surface area contributed by atoms with Crippen LogP contribution in [0.5, 0.6) is 0 Å². The first-order valence-electron chi connectivity index (χ1n) is 4.34. The highest BCUT2D eigenvalue weighted by Gasteiger charge is 2.18. The molecule has 0 aliphatic heterocycles. The Balaban J connectivity index is 2.23. The summed E-state index contributed by atoms with van der Waals surface area (Å²) < 4.78 is 5.52. The zero-order chi connectivity index (χ0) is 9.26. The average molecular weight is 195 g/mol. The summed E-state index contributed by atoms with van der Waals surface area (Å²) in [4.78, 5) is 0. The lowest BCUT2D eigenvalue weighted by atomic mass is 10.1. The van der Waals surface area contributed by atoms with Gasteiger partial charge in [-0.25, -0.2) is 0 Å². The second-order valence-corrected chi connectivity index (χ2v) is 3.70. The number of ether oxygens (including phenoxy) is 1.